The number of benzene rings is 1. The number of aromatic nitrogens is 4. The SMILES string of the molecule is CC(C)CC(CNC(=O)c1ccc(-n2cnnn2)cc1)C(=O)O. The Kier molecular flexibility index (Phi) is 5.40. The van der Waals surface area contributed by atoms with Crippen molar-refractivity contribution in [1.82, 2.24) is 25.5 Å². The van der Waals surface area contributed by atoms with Crippen LogP contribution in [0.3, 0.4) is 0 Å². The van der Waals surface area contributed by atoms with Crippen molar-refractivity contribution in [2.45, 2.75) is 20.3 Å². The lowest BCUT2D eigenvalue weighted by molar-refractivity contribution is -0.142. The number of carboxylic acids is 1. The van der Waals surface area contributed by atoms with Gasteiger partial charge in [0.2, 0.25) is 0 Å². The van der Waals surface area contributed by atoms with Crippen molar-refractivity contribution in [1.29, 1.82) is 0 Å². The first-order chi connectivity index (χ1) is 11.0. The van der Waals surface area contributed by atoms with E-state index in [1.165, 1.54) is 11.0 Å². The van der Waals surface area contributed by atoms with Gasteiger partial charge in [0, 0.05) is 12.1 Å². The molecule has 2 N–H and O–H groups in total. The van der Waals surface area contributed by atoms with Crippen LogP contribution >= 0.6 is 0 Å². The quantitative estimate of drug-likeness (QED) is 0.792. The number of aliphatic carboxylic acids is 1. The van der Waals surface area contributed by atoms with E-state index in [2.05, 4.69) is 20.8 Å². The lowest BCUT2D eigenvalue weighted by atomic mass is 9.97. The van der Waals surface area contributed by atoms with Gasteiger partial charge in [-0.2, -0.15) is 0 Å². The summed E-state index contributed by atoms with van der Waals surface area (Å²) in [7, 11) is 0. The maximum absolute atomic E-state index is 12.1. The molecule has 8 heteroatoms. The van der Waals surface area contributed by atoms with Gasteiger partial charge in [0.1, 0.15) is 6.33 Å². The van der Waals surface area contributed by atoms with Crippen LogP contribution < -0.4 is 5.32 Å². The molecule has 1 aromatic heterocycles. The average molecular weight is 317 g/mol. The lowest BCUT2D eigenvalue weighted by Crippen LogP contribution is -2.33. The molecule has 0 aliphatic heterocycles. The van der Waals surface area contributed by atoms with Crippen molar-refractivity contribution in [3.05, 3.63) is 36.2 Å². The highest BCUT2D eigenvalue weighted by Gasteiger charge is 2.20. The zero-order chi connectivity index (χ0) is 16.8. The first-order valence-electron chi connectivity index (χ1n) is 7.31. The Morgan fingerprint density at radius 2 is 1.96 bits per heavy atom. The maximum atomic E-state index is 12.1. The van der Waals surface area contributed by atoms with Crippen molar-refractivity contribution in [3.63, 3.8) is 0 Å². The molecule has 0 saturated heterocycles. The van der Waals surface area contributed by atoms with E-state index in [9.17, 15) is 14.7 Å². The standard InChI is InChI=1S/C15H19N5O3/c1-10(2)7-12(15(22)23)8-16-14(21)11-3-5-13(6-4-11)20-9-17-18-19-20/h3-6,9-10,12H,7-8H2,1-2H3,(H,16,21)(H,22,23). The van der Waals surface area contributed by atoms with Gasteiger partial charge in [0.25, 0.3) is 5.91 Å². The van der Waals surface area contributed by atoms with E-state index in [1.54, 1.807) is 24.3 Å². The minimum absolute atomic E-state index is 0.112. The fourth-order valence-electron chi connectivity index (χ4n) is 2.20. The van der Waals surface area contributed by atoms with Gasteiger partial charge >= 0.3 is 5.97 Å². The largest absolute Gasteiger partial charge is 0.481 e. The second-order valence-electron chi connectivity index (χ2n) is 5.68. The number of hydrogen-bond acceptors (Lipinski definition) is 5. The molecule has 8 nitrogen and oxygen atoms in total. The Morgan fingerprint density at radius 3 is 2.48 bits per heavy atom. The fraction of sp³-hybridized carbons (Fsp3) is 0.400. The zero-order valence-electron chi connectivity index (χ0n) is 13.0. The average Bonchev–Trinajstić information content (AvgIpc) is 3.05. The Bertz CT molecular complexity index is 652. The van der Waals surface area contributed by atoms with E-state index in [0.29, 0.717) is 12.0 Å². The summed E-state index contributed by atoms with van der Waals surface area (Å²) >= 11 is 0. The first-order valence-corrected chi connectivity index (χ1v) is 7.31. The minimum atomic E-state index is -0.895. The number of nitrogens with zero attached hydrogens (tertiary/aromatic N) is 4. The molecule has 1 atom stereocenters. The number of carbonyl (C=O) groups excluding carboxylic acids is 1. The summed E-state index contributed by atoms with van der Waals surface area (Å²) in [6.45, 7) is 4.02. The third kappa shape index (κ3) is 4.60. The van der Waals surface area contributed by atoms with Crippen LogP contribution in [-0.2, 0) is 4.79 Å². The van der Waals surface area contributed by atoms with Gasteiger partial charge in [-0.25, -0.2) is 4.68 Å². The minimum Gasteiger partial charge on any atom is -0.481 e. The van der Waals surface area contributed by atoms with Crippen molar-refractivity contribution in [3.8, 4) is 5.69 Å². The summed E-state index contributed by atoms with van der Waals surface area (Å²) in [6, 6.07) is 6.72. The molecule has 0 spiro atoms. The topological polar surface area (TPSA) is 110 Å². The van der Waals surface area contributed by atoms with Crippen LogP contribution in [0.25, 0.3) is 5.69 Å². The molecule has 1 heterocycles. The summed E-state index contributed by atoms with van der Waals surface area (Å²) in [5.74, 6) is -1.53. The molecule has 0 radical (unpaired) electrons. The predicted molar refractivity (Wildman–Crippen MR) is 82.1 cm³/mol. The van der Waals surface area contributed by atoms with Crippen molar-refractivity contribution in [2.24, 2.45) is 11.8 Å². The van der Waals surface area contributed by atoms with Crippen molar-refractivity contribution < 1.29 is 14.7 Å². The second kappa shape index (κ2) is 7.48. The molecule has 122 valence electrons. The normalized spacial score (nSPS) is 12.1. The zero-order valence-corrected chi connectivity index (χ0v) is 13.0. The summed E-state index contributed by atoms with van der Waals surface area (Å²) in [5.41, 5.74) is 1.19. The number of rotatable bonds is 7. The van der Waals surface area contributed by atoms with Crippen LogP contribution in [0.2, 0.25) is 0 Å². The Morgan fingerprint density at radius 1 is 1.26 bits per heavy atom. The Hall–Kier alpha value is -2.77. The number of hydrogen-bond donors (Lipinski definition) is 2. The van der Waals surface area contributed by atoms with Crippen LogP contribution in [0, 0.1) is 11.8 Å². The molecule has 23 heavy (non-hydrogen) atoms. The summed E-state index contributed by atoms with van der Waals surface area (Å²) < 4.78 is 1.48. The van der Waals surface area contributed by atoms with Crippen LogP contribution in [0.5, 0.6) is 0 Å². The number of tetrazole rings is 1. The van der Waals surface area contributed by atoms with Gasteiger partial charge in [0.15, 0.2) is 0 Å². The van der Waals surface area contributed by atoms with E-state index >= 15 is 0 Å². The van der Waals surface area contributed by atoms with Crippen LogP contribution in [-0.4, -0.2) is 43.7 Å². The van der Waals surface area contributed by atoms with Crippen LogP contribution in [0.15, 0.2) is 30.6 Å². The summed E-state index contributed by atoms with van der Waals surface area (Å²) in [6.07, 6.45) is 1.98. The number of carboxylic acid groups (broad SMARTS) is 1. The number of nitrogens with one attached hydrogen (secondary N) is 1. The molecule has 1 amide bonds. The molecule has 2 rings (SSSR count). The second-order valence-corrected chi connectivity index (χ2v) is 5.68. The molecule has 1 unspecified atom stereocenters. The smallest absolute Gasteiger partial charge is 0.308 e. The van der Waals surface area contributed by atoms with E-state index in [0.717, 1.165) is 5.69 Å². The van der Waals surface area contributed by atoms with Gasteiger partial charge < -0.3 is 10.4 Å². The maximum Gasteiger partial charge on any atom is 0.308 e. The molecular weight excluding hydrogens is 298 g/mol. The molecule has 0 bridgehead atoms. The van der Waals surface area contributed by atoms with E-state index in [-0.39, 0.29) is 18.4 Å². The van der Waals surface area contributed by atoms with Gasteiger partial charge in [-0.3, -0.25) is 9.59 Å². The molecule has 0 fully saturated rings. The van der Waals surface area contributed by atoms with Gasteiger partial charge in [-0.05, 0) is 47.0 Å². The Labute approximate surface area is 133 Å². The number of carbonyl (C=O) groups is 2. The lowest BCUT2D eigenvalue weighted by Gasteiger charge is -2.15. The summed E-state index contributed by atoms with van der Waals surface area (Å²) in [4.78, 5) is 23.3. The predicted octanol–water partition coefficient (Wildman–Crippen LogP) is 1.14. The van der Waals surface area contributed by atoms with Crippen LogP contribution in [0.4, 0.5) is 0 Å². The Balaban J connectivity index is 1.96. The van der Waals surface area contributed by atoms with Crippen molar-refractivity contribution in [2.75, 3.05) is 6.54 Å². The van der Waals surface area contributed by atoms with Gasteiger partial charge in [-0.1, -0.05) is 13.8 Å². The molecule has 1 aromatic carbocycles. The van der Waals surface area contributed by atoms with Crippen LogP contribution in [0.1, 0.15) is 30.6 Å². The van der Waals surface area contributed by atoms with E-state index in [4.69, 9.17) is 0 Å². The highest BCUT2D eigenvalue weighted by Crippen LogP contribution is 2.12. The molecule has 2 aromatic rings. The van der Waals surface area contributed by atoms with Crippen molar-refractivity contribution >= 4 is 11.9 Å². The third-order valence-electron chi connectivity index (χ3n) is 3.36. The number of amides is 1. The molecular formula is C15H19N5O3. The van der Waals surface area contributed by atoms with E-state index < -0.39 is 11.9 Å². The molecule has 0 aliphatic carbocycles. The summed E-state index contributed by atoms with van der Waals surface area (Å²) in [5, 5.41) is 22.7. The first kappa shape index (κ1) is 16.6. The highest BCUT2D eigenvalue weighted by molar-refractivity contribution is 5.94. The molecule has 0 saturated carbocycles. The van der Waals surface area contributed by atoms with Gasteiger partial charge in [-0.15, -0.1) is 5.10 Å². The monoisotopic (exact) mass is 317 g/mol. The van der Waals surface area contributed by atoms with Gasteiger partial charge in [0.05, 0.1) is 11.6 Å². The molecule has 0 aliphatic rings. The van der Waals surface area contributed by atoms with E-state index in [1.807, 2.05) is 13.8 Å². The fourth-order valence-corrected chi connectivity index (χ4v) is 2.20. The third-order valence-corrected chi connectivity index (χ3v) is 3.36. The highest BCUT2D eigenvalue weighted by atomic mass is 16.4.